The summed E-state index contributed by atoms with van der Waals surface area (Å²) in [7, 11) is 0. The molecule has 0 spiro atoms. The molecule has 1 fully saturated rings. The Morgan fingerprint density at radius 3 is 2.83 bits per heavy atom. The van der Waals surface area contributed by atoms with Crippen LogP contribution in [-0.4, -0.2) is 34.1 Å². The van der Waals surface area contributed by atoms with Gasteiger partial charge in [0.05, 0.1) is 5.56 Å². The summed E-state index contributed by atoms with van der Waals surface area (Å²) in [5.41, 5.74) is 2.74. The summed E-state index contributed by atoms with van der Waals surface area (Å²) in [6, 6.07) is 7.25. The zero-order chi connectivity index (χ0) is 16.2. The number of nitrogens with zero attached hydrogens (tertiary/aromatic N) is 3. The average Bonchev–Trinajstić information content (AvgIpc) is 3.05. The van der Waals surface area contributed by atoms with Gasteiger partial charge in [0.2, 0.25) is 0 Å². The van der Waals surface area contributed by atoms with Crippen molar-refractivity contribution in [1.82, 2.24) is 9.97 Å². The van der Waals surface area contributed by atoms with Gasteiger partial charge < -0.3 is 10.0 Å². The molecule has 2 heterocycles. The number of carboxylic acids is 1. The van der Waals surface area contributed by atoms with Crippen LogP contribution in [0.1, 0.15) is 47.2 Å². The van der Waals surface area contributed by atoms with Crippen molar-refractivity contribution in [2.75, 3.05) is 18.0 Å². The quantitative estimate of drug-likeness (QED) is 0.919. The molecular formula is C18H21N3O2. The third kappa shape index (κ3) is 3.33. The molecule has 0 unspecified atom stereocenters. The van der Waals surface area contributed by atoms with Crippen LogP contribution in [0, 0.1) is 0 Å². The van der Waals surface area contributed by atoms with Crippen LogP contribution in [0.2, 0.25) is 0 Å². The highest BCUT2D eigenvalue weighted by molar-refractivity contribution is 5.87. The molecular weight excluding hydrogens is 290 g/mol. The van der Waals surface area contributed by atoms with Crippen molar-refractivity contribution < 1.29 is 9.90 Å². The molecule has 0 bridgehead atoms. The van der Waals surface area contributed by atoms with E-state index in [0.29, 0.717) is 11.5 Å². The number of hydrogen-bond acceptors (Lipinski definition) is 4. The van der Waals surface area contributed by atoms with Crippen molar-refractivity contribution in [3.63, 3.8) is 0 Å². The van der Waals surface area contributed by atoms with Crippen LogP contribution in [-0.2, 0) is 6.42 Å². The highest BCUT2D eigenvalue weighted by Gasteiger charge is 2.26. The van der Waals surface area contributed by atoms with E-state index in [1.807, 2.05) is 18.3 Å². The standard InChI is InChI=1S/C18H21N3O2/c1-2-3-15-10-19-12-20-17(15)21-9-8-16(11-21)13-4-6-14(7-5-13)18(22)23/h4-7,10,12,16H,2-3,8-9,11H2,1H3,(H,22,23)/t16-/m1/s1. The number of aryl methyl sites for hydroxylation is 1. The molecule has 23 heavy (non-hydrogen) atoms. The first-order valence-corrected chi connectivity index (χ1v) is 8.06. The fraction of sp³-hybridized carbons (Fsp3) is 0.389. The molecule has 120 valence electrons. The van der Waals surface area contributed by atoms with Crippen molar-refractivity contribution >= 4 is 11.8 Å². The molecule has 1 aromatic carbocycles. The smallest absolute Gasteiger partial charge is 0.335 e. The fourth-order valence-corrected chi connectivity index (χ4v) is 3.20. The first-order chi connectivity index (χ1) is 11.2. The lowest BCUT2D eigenvalue weighted by Crippen LogP contribution is -2.22. The Kier molecular flexibility index (Phi) is 4.55. The van der Waals surface area contributed by atoms with Crippen LogP contribution in [0.3, 0.4) is 0 Å². The number of rotatable bonds is 5. The van der Waals surface area contributed by atoms with E-state index in [2.05, 4.69) is 21.8 Å². The molecule has 1 aliphatic rings. The van der Waals surface area contributed by atoms with Crippen LogP contribution in [0.15, 0.2) is 36.8 Å². The predicted octanol–water partition coefficient (Wildman–Crippen LogP) is 3.12. The summed E-state index contributed by atoms with van der Waals surface area (Å²) in [5, 5.41) is 8.99. The van der Waals surface area contributed by atoms with Gasteiger partial charge in [-0.3, -0.25) is 0 Å². The van der Waals surface area contributed by atoms with Gasteiger partial charge in [0.25, 0.3) is 0 Å². The van der Waals surface area contributed by atoms with Crippen LogP contribution >= 0.6 is 0 Å². The number of anilines is 1. The second-order valence-corrected chi connectivity index (χ2v) is 5.98. The SMILES string of the molecule is CCCc1cncnc1N1CC[C@@H](c2ccc(C(=O)O)cc2)C1. The van der Waals surface area contributed by atoms with Gasteiger partial charge >= 0.3 is 5.97 Å². The molecule has 0 amide bonds. The molecule has 5 nitrogen and oxygen atoms in total. The molecule has 0 radical (unpaired) electrons. The van der Waals surface area contributed by atoms with Gasteiger partial charge in [-0.15, -0.1) is 0 Å². The maximum Gasteiger partial charge on any atom is 0.335 e. The summed E-state index contributed by atoms with van der Waals surface area (Å²) >= 11 is 0. The molecule has 1 atom stereocenters. The Morgan fingerprint density at radius 1 is 1.35 bits per heavy atom. The van der Waals surface area contributed by atoms with E-state index in [1.165, 1.54) is 11.1 Å². The van der Waals surface area contributed by atoms with E-state index in [1.54, 1.807) is 18.5 Å². The van der Waals surface area contributed by atoms with E-state index in [-0.39, 0.29) is 0 Å². The van der Waals surface area contributed by atoms with Crippen LogP contribution in [0.5, 0.6) is 0 Å². The Hall–Kier alpha value is -2.43. The maximum absolute atomic E-state index is 10.9. The Labute approximate surface area is 136 Å². The van der Waals surface area contributed by atoms with E-state index in [4.69, 9.17) is 5.11 Å². The summed E-state index contributed by atoms with van der Waals surface area (Å²) in [4.78, 5) is 21.9. The lowest BCUT2D eigenvalue weighted by molar-refractivity contribution is 0.0697. The Balaban J connectivity index is 1.74. The number of carbonyl (C=O) groups is 1. The second-order valence-electron chi connectivity index (χ2n) is 5.98. The van der Waals surface area contributed by atoms with Crippen molar-refractivity contribution in [3.8, 4) is 0 Å². The Bertz CT molecular complexity index is 685. The first kappa shape index (κ1) is 15.5. The minimum absolute atomic E-state index is 0.338. The summed E-state index contributed by atoms with van der Waals surface area (Å²) < 4.78 is 0. The molecule has 1 saturated heterocycles. The molecule has 1 aliphatic heterocycles. The zero-order valence-electron chi connectivity index (χ0n) is 13.3. The van der Waals surface area contributed by atoms with E-state index < -0.39 is 5.97 Å². The zero-order valence-corrected chi connectivity index (χ0v) is 13.3. The van der Waals surface area contributed by atoms with Crippen molar-refractivity contribution in [2.45, 2.75) is 32.1 Å². The van der Waals surface area contributed by atoms with Gasteiger partial charge in [0.15, 0.2) is 0 Å². The molecule has 0 aliphatic carbocycles. The van der Waals surface area contributed by atoms with E-state index in [0.717, 1.165) is 38.2 Å². The minimum atomic E-state index is -0.880. The normalized spacial score (nSPS) is 17.4. The van der Waals surface area contributed by atoms with Gasteiger partial charge in [0, 0.05) is 30.8 Å². The molecule has 3 rings (SSSR count). The van der Waals surface area contributed by atoms with E-state index >= 15 is 0 Å². The highest BCUT2D eigenvalue weighted by Crippen LogP contribution is 2.31. The topological polar surface area (TPSA) is 66.3 Å². The van der Waals surface area contributed by atoms with Crippen molar-refractivity contribution in [1.29, 1.82) is 0 Å². The van der Waals surface area contributed by atoms with Crippen LogP contribution in [0.4, 0.5) is 5.82 Å². The average molecular weight is 311 g/mol. The van der Waals surface area contributed by atoms with Gasteiger partial charge in [0.1, 0.15) is 12.1 Å². The predicted molar refractivity (Wildman–Crippen MR) is 89.0 cm³/mol. The van der Waals surface area contributed by atoms with Gasteiger partial charge in [-0.25, -0.2) is 14.8 Å². The monoisotopic (exact) mass is 311 g/mol. The fourth-order valence-electron chi connectivity index (χ4n) is 3.20. The lowest BCUT2D eigenvalue weighted by atomic mass is 9.97. The maximum atomic E-state index is 10.9. The number of benzene rings is 1. The number of aromatic carboxylic acids is 1. The largest absolute Gasteiger partial charge is 0.478 e. The highest BCUT2D eigenvalue weighted by atomic mass is 16.4. The van der Waals surface area contributed by atoms with Crippen molar-refractivity contribution in [3.05, 3.63) is 53.5 Å². The number of aromatic nitrogens is 2. The molecule has 2 aromatic rings. The Morgan fingerprint density at radius 2 is 2.13 bits per heavy atom. The second kappa shape index (κ2) is 6.77. The molecule has 1 N–H and O–H groups in total. The van der Waals surface area contributed by atoms with Crippen LogP contribution < -0.4 is 4.90 Å². The third-order valence-corrected chi connectivity index (χ3v) is 4.40. The number of hydrogen-bond donors (Lipinski definition) is 1. The van der Waals surface area contributed by atoms with Crippen LogP contribution in [0.25, 0.3) is 0 Å². The third-order valence-electron chi connectivity index (χ3n) is 4.40. The number of carboxylic acid groups (broad SMARTS) is 1. The lowest BCUT2D eigenvalue weighted by Gasteiger charge is -2.20. The first-order valence-electron chi connectivity index (χ1n) is 8.06. The van der Waals surface area contributed by atoms with Crippen molar-refractivity contribution in [2.24, 2.45) is 0 Å². The minimum Gasteiger partial charge on any atom is -0.478 e. The van der Waals surface area contributed by atoms with Gasteiger partial charge in [-0.05, 0) is 30.5 Å². The van der Waals surface area contributed by atoms with Gasteiger partial charge in [-0.1, -0.05) is 25.5 Å². The summed E-state index contributed by atoms with van der Waals surface area (Å²) in [6.07, 6.45) is 6.66. The molecule has 5 heteroatoms. The van der Waals surface area contributed by atoms with Gasteiger partial charge in [-0.2, -0.15) is 0 Å². The molecule has 1 aromatic heterocycles. The summed E-state index contributed by atoms with van der Waals surface area (Å²) in [5.74, 6) is 0.587. The summed E-state index contributed by atoms with van der Waals surface area (Å²) in [6.45, 7) is 4.05. The van der Waals surface area contributed by atoms with E-state index in [9.17, 15) is 4.79 Å². The molecule has 0 saturated carbocycles.